The van der Waals surface area contributed by atoms with Gasteiger partial charge in [0.2, 0.25) is 0 Å². The van der Waals surface area contributed by atoms with E-state index in [-0.39, 0.29) is 12.6 Å². The van der Waals surface area contributed by atoms with Crippen molar-refractivity contribution in [2.24, 2.45) is 5.73 Å². The fraction of sp³-hybridized carbons (Fsp3) is 0.750. The van der Waals surface area contributed by atoms with Crippen LogP contribution in [0, 0.1) is 6.92 Å². The smallest absolute Gasteiger partial charge is 0.115 e. The molecular formula is C8H16N4O. The van der Waals surface area contributed by atoms with Gasteiger partial charge in [-0.1, -0.05) is 5.21 Å². The minimum Gasteiger partial charge on any atom is -0.385 e. The molecule has 1 heterocycles. The van der Waals surface area contributed by atoms with E-state index in [0.29, 0.717) is 5.69 Å². The van der Waals surface area contributed by atoms with Crippen LogP contribution in [0.4, 0.5) is 0 Å². The Kier molecular flexibility index (Phi) is 3.00. The molecule has 0 aliphatic carbocycles. The van der Waals surface area contributed by atoms with Gasteiger partial charge in [0.25, 0.3) is 0 Å². The molecule has 0 aliphatic rings. The van der Waals surface area contributed by atoms with Gasteiger partial charge in [-0.15, -0.1) is 5.10 Å². The molecule has 0 aliphatic heterocycles. The van der Waals surface area contributed by atoms with E-state index in [4.69, 9.17) is 5.73 Å². The van der Waals surface area contributed by atoms with Crippen LogP contribution in [0.2, 0.25) is 0 Å². The molecule has 5 nitrogen and oxygen atoms in total. The van der Waals surface area contributed by atoms with Gasteiger partial charge in [0.1, 0.15) is 11.8 Å². The summed E-state index contributed by atoms with van der Waals surface area (Å²) in [5.74, 6) is 0. The van der Waals surface area contributed by atoms with Crippen LogP contribution in [0.3, 0.4) is 0 Å². The molecule has 13 heavy (non-hydrogen) atoms. The highest BCUT2D eigenvalue weighted by Gasteiger charge is 2.16. The van der Waals surface area contributed by atoms with Gasteiger partial charge < -0.3 is 10.8 Å². The van der Waals surface area contributed by atoms with Crippen LogP contribution in [-0.4, -0.2) is 26.6 Å². The molecule has 1 aromatic heterocycles. The number of aromatic nitrogens is 3. The fourth-order valence-corrected chi connectivity index (χ4v) is 1.26. The topological polar surface area (TPSA) is 77.0 Å². The van der Waals surface area contributed by atoms with Crippen LogP contribution in [-0.2, 0) is 0 Å². The van der Waals surface area contributed by atoms with Gasteiger partial charge in [0.15, 0.2) is 0 Å². The highest BCUT2D eigenvalue weighted by Crippen LogP contribution is 2.15. The Bertz CT molecular complexity index is 282. The van der Waals surface area contributed by atoms with Crippen LogP contribution in [0.15, 0.2) is 0 Å². The van der Waals surface area contributed by atoms with Crippen molar-refractivity contribution in [3.05, 3.63) is 11.4 Å². The van der Waals surface area contributed by atoms with Crippen molar-refractivity contribution in [2.45, 2.75) is 32.9 Å². The molecule has 0 radical (unpaired) electrons. The fourth-order valence-electron chi connectivity index (χ4n) is 1.26. The van der Waals surface area contributed by atoms with Gasteiger partial charge in [0.05, 0.1) is 5.69 Å². The van der Waals surface area contributed by atoms with Crippen molar-refractivity contribution in [2.75, 3.05) is 6.54 Å². The van der Waals surface area contributed by atoms with Crippen LogP contribution in [0.5, 0.6) is 0 Å². The molecule has 0 saturated heterocycles. The lowest BCUT2D eigenvalue weighted by atomic mass is 10.2. The van der Waals surface area contributed by atoms with Gasteiger partial charge in [-0.3, -0.25) is 0 Å². The van der Waals surface area contributed by atoms with Crippen molar-refractivity contribution in [1.29, 1.82) is 0 Å². The van der Waals surface area contributed by atoms with Crippen molar-refractivity contribution in [1.82, 2.24) is 15.0 Å². The van der Waals surface area contributed by atoms with E-state index in [1.165, 1.54) is 0 Å². The highest BCUT2D eigenvalue weighted by molar-refractivity contribution is 5.11. The zero-order valence-corrected chi connectivity index (χ0v) is 8.23. The Morgan fingerprint density at radius 2 is 2.15 bits per heavy atom. The normalized spacial score (nSPS) is 13.7. The quantitative estimate of drug-likeness (QED) is 0.701. The standard InChI is InChI=1S/C8H16N4O/c1-5(2)12-6(3)8(10-11-12)7(13)4-9/h5,7,13H,4,9H2,1-3H3. The first-order valence-electron chi connectivity index (χ1n) is 4.37. The summed E-state index contributed by atoms with van der Waals surface area (Å²) in [7, 11) is 0. The molecule has 0 spiro atoms. The maximum Gasteiger partial charge on any atom is 0.115 e. The third-order valence-corrected chi connectivity index (χ3v) is 1.99. The number of hydrogen-bond donors (Lipinski definition) is 2. The number of aliphatic hydroxyl groups excluding tert-OH is 1. The summed E-state index contributed by atoms with van der Waals surface area (Å²) in [6.07, 6.45) is -0.701. The second kappa shape index (κ2) is 3.85. The third-order valence-electron chi connectivity index (χ3n) is 1.99. The van der Waals surface area contributed by atoms with Gasteiger partial charge in [0, 0.05) is 12.6 Å². The second-order valence-electron chi connectivity index (χ2n) is 3.35. The van der Waals surface area contributed by atoms with E-state index < -0.39 is 6.10 Å². The third kappa shape index (κ3) is 1.87. The predicted molar refractivity (Wildman–Crippen MR) is 49.2 cm³/mol. The zero-order valence-electron chi connectivity index (χ0n) is 8.23. The van der Waals surface area contributed by atoms with Crippen LogP contribution < -0.4 is 5.73 Å². The number of nitrogens with zero attached hydrogens (tertiary/aromatic N) is 3. The molecule has 0 fully saturated rings. The lowest BCUT2D eigenvalue weighted by Crippen LogP contribution is -2.13. The summed E-state index contributed by atoms with van der Waals surface area (Å²) in [4.78, 5) is 0. The Morgan fingerprint density at radius 1 is 1.54 bits per heavy atom. The van der Waals surface area contributed by atoms with Gasteiger partial charge in [-0.05, 0) is 20.8 Å². The van der Waals surface area contributed by atoms with E-state index in [1.54, 1.807) is 4.68 Å². The number of hydrogen-bond acceptors (Lipinski definition) is 4. The van der Waals surface area contributed by atoms with E-state index in [9.17, 15) is 5.11 Å². The summed E-state index contributed by atoms with van der Waals surface area (Å²) in [5.41, 5.74) is 6.79. The first-order chi connectivity index (χ1) is 6.07. The van der Waals surface area contributed by atoms with Gasteiger partial charge in [-0.25, -0.2) is 4.68 Å². The molecule has 5 heteroatoms. The molecule has 1 aromatic rings. The first-order valence-corrected chi connectivity index (χ1v) is 4.37. The molecule has 1 rings (SSSR count). The Balaban J connectivity index is 2.99. The number of nitrogens with two attached hydrogens (primary N) is 1. The first kappa shape index (κ1) is 10.1. The number of rotatable bonds is 3. The monoisotopic (exact) mass is 184 g/mol. The number of aliphatic hydroxyl groups is 1. The predicted octanol–water partition coefficient (Wildman–Crippen LogP) is 0.160. The zero-order chi connectivity index (χ0) is 10.0. The second-order valence-corrected chi connectivity index (χ2v) is 3.35. The molecule has 1 atom stereocenters. The molecule has 0 aromatic carbocycles. The van der Waals surface area contributed by atoms with E-state index in [0.717, 1.165) is 5.69 Å². The van der Waals surface area contributed by atoms with Crippen LogP contribution in [0.25, 0.3) is 0 Å². The Morgan fingerprint density at radius 3 is 2.54 bits per heavy atom. The maximum absolute atomic E-state index is 9.46. The SMILES string of the molecule is Cc1c(C(O)CN)nnn1C(C)C. The van der Waals surface area contributed by atoms with Gasteiger partial charge >= 0.3 is 0 Å². The summed E-state index contributed by atoms with van der Waals surface area (Å²) in [6.45, 7) is 6.09. The van der Waals surface area contributed by atoms with Crippen molar-refractivity contribution >= 4 is 0 Å². The highest BCUT2D eigenvalue weighted by atomic mass is 16.3. The summed E-state index contributed by atoms with van der Waals surface area (Å²) in [6, 6.07) is 0.256. The maximum atomic E-state index is 9.46. The van der Waals surface area contributed by atoms with Crippen molar-refractivity contribution in [3.8, 4) is 0 Å². The van der Waals surface area contributed by atoms with Crippen LogP contribution >= 0.6 is 0 Å². The summed E-state index contributed by atoms with van der Waals surface area (Å²) >= 11 is 0. The minimum absolute atomic E-state index is 0.178. The molecule has 3 N–H and O–H groups in total. The summed E-state index contributed by atoms with van der Waals surface area (Å²) < 4.78 is 1.77. The largest absolute Gasteiger partial charge is 0.385 e. The lowest BCUT2D eigenvalue weighted by Gasteiger charge is -2.08. The average Bonchev–Trinajstić information content (AvgIpc) is 2.46. The Hall–Kier alpha value is -0.940. The van der Waals surface area contributed by atoms with Crippen molar-refractivity contribution in [3.63, 3.8) is 0 Å². The average molecular weight is 184 g/mol. The Labute approximate surface area is 77.6 Å². The molecule has 0 bridgehead atoms. The molecule has 1 unspecified atom stereocenters. The van der Waals surface area contributed by atoms with E-state index >= 15 is 0 Å². The molecule has 74 valence electrons. The molecule has 0 amide bonds. The lowest BCUT2D eigenvalue weighted by molar-refractivity contribution is 0.181. The van der Waals surface area contributed by atoms with Gasteiger partial charge in [-0.2, -0.15) is 0 Å². The molecular weight excluding hydrogens is 168 g/mol. The van der Waals surface area contributed by atoms with Crippen LogP contribution in [0.1, 0.15) is 37.4 Å². The minimum atomic E-state index is -0.701. The summed E-state index contributed by atoms with van der Waals surface area (Å²) in [5, 5.41) is 17.3. The van der Waals surface area contributed by atoms with E-state index in [2.05, 4.69) is 10.3 Å². The van der Waals surface area contributed by atoms with Crippen molar-refractivity contribution < 1.29 is 5.11 Å². The molecule has 0 saturated carbocycles. The van der Waals surface area contributed by atoms with E-state index in [1.807, 2.05) is 20.8 Å².